The lowest BCUT2D eigenvalue weighted by atomic mass is 10.00. The topological polar surface area (TPSA) is 63.6 Å². The first kappa shape index (κ1) is 19.4. The van der Waals surface area contributed by atoms with Crippen LogP contribution in [0.5, 0.6) is 0 Å². The van der Waals surface area contributed by atoms with Gasteiger partial charge in [0.15, 0.2) is 5.69 Å². The van der Waals surface area contributed by atoms with Gasteiger partial charge in [0.05, 0.1) is 24.9 Å². The highest BCUT2D eigenvalue weighted by molar-refractivity contribution is 6.11. The fourth-order valence-electron chi connectivity index (χ4n) is 4.11. The molecule has 1 aromatic heterocycles. The van der Waals surface area contributed by atoms with Gasteiger partial charge in [0.2, 0.25) is 5.91 Å². The van der Waals surface area contributed by atoms with Gasteiger partial charge in [-0.25, -0.2) is 4.79 Å². The number of likely N-dealkylation sites (tertiary alicyclic amines) is 1. The summed E-state index contributed by atoms with van der Waals surface area (Å²) in [6, 6.07) is 6.41. The molecule has 2 heterocycles. The number of nitrogens with one attached hydrogen (secondary N) is 1. The van der Waals surface area contributed by atoms with Gasteiger partial charge >= 0.3 is 5.97 Å². The Hall–Kier alpha value is -2.34. The molecule has 6 nitrogen and oxygen atoms in total. The Morgan fingerprint density at radius 1 is 1.30 bits per heavy atom. The molecule has 1 unspecified atom stereocenters. The summed E-state index contributed by atoms with van der Waals surface area (Å²) in [5, 5.41) is 3.86. The lowest BCUT2D eigenvalue weighted by Gasteiger charge is -2.34. The molecule has 1 aliphatic rings. The highest BCUT2D eigenvalue weighted by atomic mass is 16.5. The second-order valence-electron chi connectivity index (χ2n) is 7.37. The lowest BCUT2D eigenvalue weighted by Crippen LogP contribution is -2.43. The van der Waals surface area contributed by atoms with E-state index in [-0.39, 0.29) is 5.91 Å². The number of carbonyl (C=O) groups excluding carboxylic acids is 2. The van der Waals surface area contributed by atoms with Gasteiger partial charge in [-0.1, -0.05) is 25.0 Å². The van der Waals surface area contributed by atoms with Crippen LogP contribution in [0.3, 0.4) is 0 Å². The van der Waals surface area contributed by atoms with E-state index in [1.807, 2.05) is 32.2 Å². The number of aryl methyl sites for hydroxylation is 2. The number of hydrogen-bond acceptors (Lipinski definition) is 4. The number of amides is 1. The quantitative estimate of drug-likeness (QED) is 0.818. The van der Waals surface area contributed by atoms with Gasteiger partial charge in [0.1, 0.15) is 0 Å². The summed E-state index contributed by atoms with van der Waals surface area (Å²) in [7, 11) is 3.17. The average Bonchev–Trinajstić information content (AvgIpc) is 2.92. The number of carbonyl (C=O) groups is 2. The molecule has 0 radical (unpaired) electrons. The van der Waals surface area contributed by atoms with Crippen molar-refractivity contribution < 1.29 is 14.3 Å². The van der Waals surface area contributed by atoms with E-state index in [1.54, 1.807) is 4.57 Å². The molecule has 1 amide bonds. The molecular weight excluding hydrogens is 342 g/mol. The van der Waals surface area contributed by atoms with E-state index < -0.39 is 5.97 Å². The molecule has 0 aliphatic carbocycles. The largest absolute Gasteiger partial charge is 0.464 e. The first-order valence-corrected chi connectivity index (χ1v) is 9.67. The van der Waals surface area contributed by atoms with Crippen LogP contribution in [-0.4, -0.2) is 47.6 Å². The first-order chi connectivity index (χ1) is 13.0. The molecule has 2 aromatic rings. The number of nitrogens with zero attached hydrogens (tertiary/aromatic N) is 2. The summed E-state index contributed by atoms with van der Waals surface area (Å²) in [4.78, 5) is 27.5. The number of fused-ring (bicyclic) bond motifs is 1. The van der Waals surface area contributed by atoms with Gasteiger partial charge in [-0.15, -0.1) is 0 Å². The number of anilines is 1. The molecule has 1 atom stereocenters. The minimum atomic E-state index is -0.453. The Kier molecular flexibility index (Phi) is 5.85. The van der Waals surface area contributed by atoms with Crippen molar-refractivity contribution in [3.63, 3.8) is 0 Å². The van der Waals surface area contributed by atoms with Crippen molar-refractivity contribution in [2.45, 2.75) is 45.6 Å². The van der Waals surface area contributed by atoms with E-state index in [2.05, 4.69) is 17.1 Å². The second-order valence-corrected chi connectivity index (χ2v) is 7.37. The standard InChI is InChI=1S/C21H29N3O3/c1-5-15-8-6-7-11-24(15)13-18(25)22-19-16-12-14(2)9-10-17(16)23(3)20(19)21(26)27-4/h9-10,12,15H,5-8,11,13H2,1-4H3,(H,22,25). The summed E-state index contributed by atoms with van der Waals surface area (Å²) in [5.74, 6) is -0.541. The summed E-state index contributed by atoms with van der Waals surface area (Å²) < 4.78 is 6.75. The van der Waals surface area contributed by atoms with Crippen LogP contribution in [-0.2, 0) is 16.6 Å². The zero-order valence-electron chi connectivity index (χ0n) is 16.7. The molecule has 3 rings (SSSR count). The average molecular weight is 371 g/mol. The monoisotopic (exact) mass is 371 g/mol. The van der Waals surface area contributed by atoms with Crippen molar-refractivity contribution in [2.24, 2.45) is 7.05 Å². The number of methoxy groups -OCH3 is 1. The number of aromatic nitrogens is 1. The van der Waals surface area contributed by atoms with Crippen molar-refractivity contribution in [3.8, 4) is 0 Å². The summed E-state index contributed by atoms with van der Waals surface area (Å²) in [5.41, 5.74) is 2.87. The van der Waals surface area contributed by atoms with Crippen LogP contribution >= 0.6 is 0 Å². The van der Waals surface area contributed by atoms with Crippen molar-refractivity contribution in [2.75, 3.05) is 25.5 Å². The van der Waals surface area contributed by atoms with E-state index in [0.717, 1.165) is 42.3 Å². The number of esters is 1. The Balaban J connectivity index is 1.92. The van der Waals surface area contributed by atoms with Gasteiger partial charge < -0.3 is 14.6 Å². The van der Waals surface area contributed by atoms with Crippen LogP contribution in [0.15, 0.2) is 18.2 Å². The molecule has 1 aromatic carbocycles. The number of hydrogen-bond donors (Lipinski definition) is 1. The van der Waals surface area contributed by atoms with Gasteiger partial charge in [0, 0.05) is 18.5 Å². The highest BCUT2D eigenvalue weighted by Crippen LogP contribution is 2.32. The van der Waals surface area contributed by atoms with Crippen LogP contribution < -0.4 is 5.32 Å². The third kappa shape index (κ3) is 3.86. The minimum absolute atomic E-state index is 0.0884. The molecule has 1 saturated heterocycles. The zero-order chi connectivity index (χ0) is 19.6. The molecule has 0 bridgehead atoms. The SMILES string of the molecule is CCC1CCCCN1CC(=O)Nc1c(C(=O)OC)n(C)c2ccc(C)cc12. The normalized spacial score (nSPS) is 17.9. The third-order valence-corrected chi connectivity index (χ3v) is 5.57. The predicted octanol–water partition coefficient (Wildman–Crippen LogP) is 3.48. The first-order valence-electron chi connectivity index (χ1n) is 9.67. The molecule has 0 saturated carbocycles. The van der Waals surface area contributed by atoms with Gasteiger partial charge in [-0.2, -0.15) is 0 Å². The molecule has 27 heavy (non-hydrogen) atoms. The van der Waals surface area contributed by atoms with Crippen LogP contribution in [0.4, 0.5) is 5.69 Å². The smallest absolute Gasteiger partial charge is 0.356 e. The van der Waals surface area contributed by atoms with Gasteiger partial charge in [0.25, 0.3) is 0 Å². The van der Waals surface area contributed by atoms with Crippen LogP contribution in [0, 0.1) is 6.92 Å². The number of rotatable bonds is 5. The maximum absolute atomic E-state index is 12.8. The summed E-state index contributed by atoms with van der Waals surface area (Å²) in [6.45, 7) is 5.46. The highest BCUT2D eigenvalue weighted by Gasteiger charge is 2.26. The Morgan fingerprint density at radius 2 is 2.07 bits per heavy atom. The van der Waals surface area contributed by atoms with Gasteiger partial charge in [-0.3, -0.25) is 9.69 Å². The predicted molar refractivity (Wildman–Crippen MR) is 107 cm³/mol. The maximum atomic E-state index is 12.8. The third-order valence-electron chi connectivity index (χ3n) is 5.57. The van der Waals surface area contributed by atoms with E-state index in [1.165, 1.54) is 13.5 Å². The van der Waals surface area contributed by atoms with Crippen LogP contribution in [0.2, 0.25) is 0 Å². The van der Waals surface area contributed by atoms with Crippen molar-refractivity contribution in [1.82, 2.24) is 9.47 Å². The van der Waals surface area contributed by atoms with E-state index in [0.29, 0.717) is 24.0 Å². The maximum Gasteiger partial charge on any atom is 0.356 e. The molecule has 1 fully saturated rings. The molecule has 0 spiro atoms. The Morgan fingerprint density at radius 3 is 2.78 bits per heavy atom. The molecule has 6 heteroatoms. The number of ether oxygens (including phenoxy) is 1. The van der Waals surface area contributed by atoms with Gasteiger partial charge in [-0.05, 0) is 44.9 Å². The van der Waals surface area contributed by atoms with Crippen molar-refractivity contribution in [1.29, 1.82) is 0 Å². The minimum Gasteiger partial charge on any atom is -0.464 e. The van der Waals surface area contributed by atoms with E-state index >= 15 is 0 Å². The Bertz CT molecular complexity index is 856. The van der Waals surface area contributed by atoms with E-state index in [9.17, 15) is 9.59 Å². The lowest BCUT2D eigenvalue weighted by molar-refractivity contribution is -0.118. The molecular formula is C21H29N3O3. The molecule has 1 N–H and O–H groups in total. The van der Waals surface area contributed by atoms with E-state index in [4.69, 9.17) is 4.74 Å². The fraction of sp³-hybridized carbons (Fsp3) is 0.524. The Labute approximate surface area is 160 Å². The van der Waals surface area contributed by atoms with Crippen molar-refractivity contribution >= 4 is 28.5 Å². The van der Waals surface area contributed by atoms with Crippen LogP contribution in [0.25, 0.3) is 10.9 Å². The number of piperidine rings is 1. The summed E-state index contributed by atoms with van der Waals surface area (Å²) in [6.07, 6.45) is 4.55. The summed E-state index contributed by atoms with van der Waals surface area (Å²) >= 11 is 0. The van der Waals surface area contributed by atoms with Crippen LogP contribution in [0.1, 0.15) is 48.7 Å². The van der Waals surface area contributed by atoms with Crippen molar-refractivity contribution in [3.05, 3.63) is 29.5 Å². The molecule has 146 valence electrons. The molecule has 1 aliphatic heterocycles. The second kappa shape index (κ2) is 8.13. The number of benzene rings is 1. The fourth-order valence-corrected chi connectivity index (χ4v) is 4.11. The zero-order valence-corrected chi connectivity index (χ0v) is 16.7.